The van der Waals surface area contributed by atoms with Crippen LogP contribution < -0.4 is 0 Å². The lowest BCUT2D eigenvalue weighted by Crippen LogP contribution is -2.09. The van der Waals surface area contributed by atoms with Crippen molar-refractivity contribution in [2.75, 3.05) is 0 Å². The van der Waals surface area contributed by atoms with Crippen LogP contribution in [0.5, 0.6) is 0 Å². The molecule has 0 aliphatic heterocycles. The smallest absolute Gasteiger partial charge is 0.158 e. The molecule has 0 bridgehead atoms. The highest BCUT2D eigenvalue weighted by molar-refractivity contribution is 6.20. The Kier molecular flexibility index (Phi) is 3.30. The second kappa shape index (κ2) is 4.98. The summed E-state index contributed by atoms with van der Waals surface area (Å²) in [4.78, 5) is 4.65. The predicted octanol–water partition coefficient (Wildman–Crippen LogP) is 3.21. The summed E-state index contributed by atoms with van der Waals surface area (Å²) in [7, 11) is 1.93. The van der Waals surface area contributed by atoms with Crippen LogP contribution in [-0.4, -0.2) is 19.3 Å². The summed E-state index contributed by atoms with van der Waals surface area (Å²) in [6.45, 7) is 4.68. The van der Waals surface area contributed by atoms with Crippen LogP contribution in [0.15, 0.2) is 22.8 Å². The lowest BCUT2D eigenvalue weighted by Gasteiger charge is -2.10. The Morgan fingerprint density at radius 1 is 1.45 bits per heavy atom. The number of imidazole rings is 1. The normalized spacial score (nSPS) is 13.2. The molecule has 1 unspecified atom stereocenters. The third kappa shape index (κ3) is 2.12. The van der Waals surface area contributed by atoms with Gasteiger partial charge in [0.15, 0.2) is 5.65 Å². The highest BCUT2D eigenvalue weighted by Gasteiger charge is 2.20. The van der Waals surface area contributed by atoms with Crippen LogP contribution in [0.4, 0.5) is 0 Å². The first-order chi connectivity index (χ1) is 9.58. The maximum absolute atomic E-state index is 6.27. The fraction of sp³-hybridized carbons (Fsp3) is 0.429. The van der Waals surface area contributed by atoms with Crippen molar-refractivity contribution in [1.29, 1.82) is 0 Å². The summed E-state index contributed by atoms with van der Waals surface area (Å²) in [5.41, 5.74) is 2.86. The average molecular weight is 293 g/mol. The van der Waals surface area contributed by atoms with Gasteiger partial charge in [-0.25, -0.2) is 4.98 Å². The van der Waals surface area contributed by atoms with E-state index in [2.05, 4.69) is 14.6 Å². The van der Waals surface area contributed by atoms with E-state index in [9.17, 15) is 0 Å². The molecular weight excluding hydrogens is 276 g/mol. The first-order valence-electron chi connectivity index (χ1n) is 6.64. The van der Waals surface area contributed by atoms with Gasteiger partial charge in [-0.3, -0.25) is 4.68 Å². The zero-order valence-corrected chi connectivity index (χ0v) is 12.6. The first kappa shape index (κ1) is 13.2. The molecule has 0 saturated heterocycles. The van der Waals surface area contributed by atoms with Crippen molar-refractivity contribution in [2.24, 2.45) is 7.05 Å². The van der Waals surface area contributed by atoms with Crippen molar-refractivity contribution in [3.8, 4) is 0 Å². The Morgan fingerprint density at radius 3 is 2.90 bits per heavy atom. The second-order valence-corrected chi connectivity index (χ2v) is 5.60. The third-order valence-electron chi connectivity index (χ3n) is 3.44. The Bertz CT molecular complexity index is 724. The summed E-state index contributed by atoms with van der Waals surface area (Å²) in [6.07, 6.45) is 2.50. The van der Waals surface area contributed by atoms with E-state index in [0.29, 0.717) is 0 Å². The molecule has 0 spiro atoms. The number of aromatic nitrogens is 4. The van der Waals surface area contributed by atoms with Gasteiger partial charge in [0.05, 0.1) is 17.3 Å². The van der Waals surface area contributed by atoms with E-state index in [1.165, 1.54) is 0 Å². The van der Waals surface area contributed by atoms with Crippen molar-refractivity contribution in [3.05, 3.63) is 35.7 Å². The van der Waals surface area contributed by atoms with Crippen molar-refractivity contribution >= 4 is 22.8 Å². The highest BCUT2D eigenvalue weighted by atomic mass is 35.5. The van der Waals surface area contributed by atoms with Crippen molar-refractivity contribution in [3.63, 3.8) is 0 Å². The van der Waals surface area contributed by atoms with E-state index in [4.69, 9.17) is 16.0 Å². The molecule has 0 amide bonds. The summed E-state index contributed by atoms with van der Waals surface area (Å²) in [5, 5.41) is 4.28. The van der Waals surface area contributed by atoms with Crippen LogP contribution in [0.25, 0.3) is 11.2 Å². The summed E-state index contributed by atoms with van der Waals surface area (Å²) in [6, 6.07) is 3.88. The lowest BCUT2D eigenvalue weighted by molar-refractivity contribution is 0.488. The second-order valence-electron chi connectivity index (χ2n) is 4.95. The van der Waals surface area contributed by atoms with E-state index < -0.39 is 0 Å². The van der Waals surface area contributed by atoms with Crippen LogP contribution in [0, 0.1) is 6.92 Å². The molecule has 5 nitrogen and oxygen atoms in total. The minimum atomic E-state index is -0.140. The number of nitrogens with zero attached hydrogens (tertiary/aromatic N) is 4. The van der Waals surface area contributed by atoms with Gasteiger partial charge in [0.1, 0.15) is 17.1 Å². The van der Waals surface area contributed by atoms with Gasteiger partial charge in [0, 0.05) is 20.0 Å². The molecule has 0 aliphatic rings. The van der Waals surface area contributed by atoms with Crippen LogP contribution >= 0.6 is 11.6 Å². The molecule has 1 atom stereocenters. The van der Waals surface area contributed by atoms with Crippen molar-refractivity contribution < 1.29 is 4.42 Å². The standard InChI is InChI=1S/C14H17ClN4O/c1-9(15)13-16-12-10(2)17-18(3)14(12)19(13)7-6-11-5-4-8-20-11/h4-5,8-9H,6-7H2,1-3H3. The van der Waals surface area contributed by atoms with Gasteiger partial charge < -0.3 is 8.98 Å². The number of fused-ring (bicyclic) bond motifs is 1. The quantitative estimate of drug-likeness (QED) is 0.694. The number of furan rings is 1. The van der Waals surface area contributed by atoms with Crippen LogP contribution in [0.2, 0.25) is 0 Å². The molecule has 3 rings (SSSR count). The Labute approximate surface area is 122 Å². The molecule has 6 heteroatoms. The predicted molar refractivity (Wildman–Crippen MR) is 77.9 cm³/mol. The van der Waals surface area contributed by atoms with Gasteiger partial charge in [-0.1, -0.05) is 0 Å². The minimum Gasteiger partial charge on any atom is -0.469 e. The molecule has 3 aromatic heterocycles. The van der Waals surface area contributed by atoms with Crippen molar-refractivity contribution in [2.45, 2.75) is 32.2 Å². The summed E-state index contributed by atoms with van der Waals surface area (Å²) in [5.74, 6) is 1.84. The molecule has 0 fully saturated rings. The largest absolute Gasteiger partial charge is 0.469 e. The van der Waals surface area contributed by atoms with E-state index in [1.54, 1.807) is 6.26 Å². The Hall–Kier alpha value is -1.75. The first-order valence-corrected chi connectivity index (χ1v) is 7.07. The van der Waals surface area contributed by atoms with Gasteiger partial charge >= 0.3 is 0 Å². The minimum absolute atomic E-state index is 0.140. The number of rotatable bonds is 4. The van der Waals surface area contributed by atoms with E-state index in [-0.39, 0.29) is 5.38 Å². The maximum Gasteiger partial charge on any atom is 0.158 e. The lowest BCUT2D eigenvalue weighted by atomic mass is 10.3. The number of hydrogen-bond acceptors (Lipinski definition) is 3. The fourth-order valence-corrected chi connectivity index (χ4v) is 2.72. The highest BCUT2D eigenvalue weighted by Crippen LogP contribution is 2.26. The SMILES string of the molecule is Cc1nn(C)c2c1nc(C(C)Cl)n2CCc1ccco1. The average Bonchev–Trinajstić information content (AvgIpc) is 3.07. The van der Waals surface area contributed by atoms with Crippen LogP contribution in [-0.2, 0) is 20.0 Å². The molecule has 106 valence electrons. The number of halogens is 1. The summed E-state index contributed by atoms with van der Waals surface area (Å²) < 4.78 is 9.39. The molecule has 3 aromatic rings. The fourth-order valence-electron chi connectivity index (χ4n) is 2.55. The zero-order valence-electron chi connectivity index (χ0n) is 11.8. The third-order valence-corrected chi connectivity index (χ3v) is 3.63. The molecule has 3 heterocycles. The van der Waals surface area contributed by atoms with Crippen LogP contribution in [0.1, 0.15) is 29.6 Å². The Morgan fingerprint density at radius 2 is 2.25 bits per heavy atom. The molecule has 0 saturated carbocycles. The zero-order chi connectivity index (χ0) is 14.3. The molecular formula is C14H17ClN4O. The number of hydrogen-bond donors (Lipinski definition) is 0. The monoisotopic (exact) mass is 292 g/mol. The van der Waals surface area contributed by atoms with Gasteiger partial charge in [-0.15, -0.1) is 11.6 Å². The van der Waals surface area contributed by atoms with Crippen molar-refractivity contribution in [1.82, 2.24) is 19.3 Å². The molecule has 0 radical (unpaired) electrons. The maximum atomic E-state index is 6.27. The Balaban J connectivity index is 2.04. The number of aryl methyl sites for hydroxylation is 4. The van der Waals surface area contributed by atoms with Gasteiger partial charge in [0.25, 0.3) is 0 Å². The molecule has 0 aliphatic carbocycles. The number of alkyl halides is 1. The topological polar surface area (TPSA) is 48.8 Å². The molecule has 0 N–H and O–H groups in total. The van der Waals surface area contributed by atoms with Gasteiger partial charge in [-0.2, -0.15) is 5.10 Å². The molecule has 20 heavy (non-hydrogen) atoms. The van der Waals surface area contributed by atoms with Gasteiger partial charge in [-0.05, 0) is 26.0 Å². The van der Waals surface area contributed by atoms with Gasteiger partial charge in [0.2, 0.25) is 0 Å². The van der Waals surface area contributed by atoms with E-state index in [0.717, 1.165) is 41.4 Å². The molecule has 0 aromatic carbocycles. The van der Waals surface area contributed by atoms with E-state index in [1.807, 2.05) is 37.7 Å². The van der Waals surface area contributed by atoms with E-state index >= 15 is 0 Å². The summed E-state index contributed by atoms with van der Waals surface area (Å²) >= 11 is 6.27. The van der Waals surface area contributed by atoms with Crippen LogP contribution in [0.3, 0.4) is 0 Å².